The second-order valence-corrected chi connectivity index (χ2v) is 1.95. The van der Waals surface area contributed by atoms with Gasteiger partial charge in [-0.25, -0.2) is 4.39 Å². The van der Waals surface area contributed by atoms with Crippen molar-refractivity contribution in [3.63, 3.8) is 0 Å². The van der Waals surface area contributed by atoms with E-state index in [2.05, 4.69) is 0 Å². The highest BCUT2D eigenvalue weighted by atomic mass is 19.1. The van der Waals surface area contributed by atoms with Gasteiger partial charge >= 0.3 is 0 Å². The topological polar surface area (TPSA) is 20.2 Å². The molecular formula is C9H13FO. The van der Waals surface area contributed by atoms with E-state index in [0.717, 1.165) is 5.56 Å². The Labute approximate surface area is 66.5 Å². The van der Waals surface area contributed by atoms with Gasteiger partial charge in [-0.3, -0.25) is 0 Å². The fourth-order valence-corrected chi connectivity index (χ4v) is 0.623. The van der Waals surface area contributed by atoms with Crippen molar-refractivity contribution in [3.05, 3.63) is 29.6 Å². The number of phenolic OH excluding ortho intramolecular Hbond substituents is 1. The zero-order valence-electron chi connectivity index (χ0n) is 7.06. The van der Waals surface area contributed by atoms with E-state index in [-0.39, 0.29) is 5.75 Å². The number of hydrogen-bond donors (Lipinski definition) is 1. The highest BCUT2D eigenvalue weighted by Gasteiger charge is 1.96. The molecule has 0 amide bonds. The summed E-state index contributed by atoms with van der Waals surface area (Å²) in [5.74, 6) is -0.851. The summed E-state index contributed by atoms with van der Waals surface area (Å²) in [6.07, 6.45) is 0. The molecule has 11 heavy (non-hydrogen) atoms. The molecule has 0 aliphatic rings. The predicted octanol–water partition coefficient (Wildman–Crippen LogP) is 2.87. The Morgan fingerprint density at radius 2 is 1.82 bits per heavy atom. The maximum Gasteiger partial charge on any atom is 0.164 e. The summed E-state index contributed by atoms with van der Waals surface area (Å²) in [5, 5.41) is 8.73. The van der Waals surface area contributed by atoms with Crippen LogP contribution in [0.15, 0.2) is 18.2 Å². The lowest BCUT2D eigenvalue weighted by atomic mass is 10.2. The largest absolute Gasteiger partial charge is 0.505 e. The molecule has 2 heteroatoms. The number of halogens is 1. The Balaban J connectivity index is 0.000000461. The second kappa shape index (κ2) is 4.72. The van der Waals surface area contributed by atoms with Gasteiger partial charge in [0.1, 0.15) is 0 Å². The third kappa shape index (κ3) is 3.03. The van der Waals surface area contributed by atoms with Crippen LogP contribution in [0.5, 0.6) is 5.75 Å². The SMILES string of the molecule is CC.Cc1ccc(F)c(O)c1. The van der Waals surface area contributed by atoms with Gasteiger partial charge in [-0.05, 0) is 24.6 Å². The van der Waals surface area contributed by atoms with Crippen LogP contribution in [0.1, 0.15) is 19.4 Å². The molecule has 0 aromatic heterocycles. The zero-order valence-corrected chi connectivity index (χ0v) is 7.06. The maximum absolute atomic E-state index is 12.2. The first kappa shape index (κ1) is 9.95. The van der Waals surface area contributed by atoms with Crippen molar-refractivity contribution in [2.24, 2.45) is 0 Å². The minimum absolute atomic E-state index is 0.282. The van der Waals surface area contributed by atoms with E-state index in [4.69, 9.17) is 5.11 Å². The molecular weight excluding hydrogens is 143 g/mol. The van der Waals surface area contributed by atoms with Crippen LogP contribution in [-0.2, 0) is 0 Å². The van der Waals surface area contributed by atoms with Crippen LogP contribution in [0.25, 0.3) is 0 Å². The smallest absolute Gasteiger partial charge is 0.164 e. The molecule has 1 rings (SSSR count). The van der Waals surface area contributed by atoms with E-state index in [1.165, 1.54) is 12.1 Å². The minimum atomic E-state index is -0.569. The number of aryl methyl sites for hydroxylation is 1. The summed E-state index contributed by atoms with van der Waals surface area (Å²) in [7, 11) is 0. The van der Waals surface area contributed by atoms with Crippen LogP contribution in [0, 0.1) is 12.7 Å². The number of hydrogen-bond acceptors (Lipinski definition) is 1. The fraction of sp³-hybridized carbons (Fsp3) is 0.333. The van der Waals surface area contributed by atoms with Crippen LogP contribution in [0.3, 0.4) is 0 Å². The monoisotopic (exact) mass is 156 g/mol. The first-order valence-electron chi connectivity index (χ1n) is 3.65. The molecule has 0 aliphatic heterocycles. The van der Waals surface area contributed by atoms with Gasteiger partial charge < -0.3 is 5.11 Å². The van der Waals surface area contributed by atoms with Gasteiger partial charge in [-0.2, -0.15) is 0 Å². The standard InChI is InChI=1S/C7H7FO.C2H6/c1-5-2-3-6(8)7(9)4-5;1-2/h2-4,9H,1H3;1-2H3. The van der Waals surface area contributed by atoms with E-state index in [1.54, 1.807) is 13.0 Å². The Hall–Kier alpha value is -1.05. The van der Waals surface area contributed by atoms with Crippen LogP contribution in [0.4, 0.5) is 4.39 Å². The molecule has 62 valence electrons. The van der Waals surface area contributed by atoms with Crippen LogP contribution < -0.4 is 0 Å². The van der Waals surface area contributed by atoms with Gasteiger partial charge in [0.05, 0.1) is 0 Å². The molecule has 0 bridgehead atoms. The molecule has 0 saturated heterocycles. The van der Waals surface area contributed by atoms with Crippen molar-refractivity contribution in [2.75, 3.05) is 0 Å². The third-order valence-electron chi connectivity index (χ3n) is 1.10. The predicted molar refractivity (Wildman–Crippen MR) is 44.1 cm³/mol. The molecule has 1 aromatic carbocycles. The van der Waals surface area contributed by atoms with Crippen molar-refractivity contribution < 1.29 is 9.50 Å². The van der Waals surface area contributed by atoms with Crippen molar-refractivity contribution >= 4 is 0 Å². The summed E-state index contributed by atoms with van der Waals surface area (Å²) in [4.78, 5) is 0. The van der Waals surface area contributed by atoms with Crippen LogP contribution in [0.2, 0.25) is 0 Å². The van der Waals surface area contributed by atoms with Crippen LogP contribution >= 0.6 is 0 Å². The fourth-order valence-electron chi connectivity index (χ4n) is 0.623. The summed E-state index contributed by atoms with van der Waals surface area (Å²) in [5.41, 5.74) is 0.855. The highest BCUT2D eigenvalue weighted by Crippen LogP contribution is 2.15. The molecule has 1 N–H and O–H groups in total. The van der Waals surface area contributed by atoms with Crippen molar-refractivity contribution in [1.82, 2.24) is 0 Å². The molecule has 0 fully saturated rings. The molecule has 0 radical (unpaired) electrons. The average Bonchev–Trinajstić information content (AvgIpc) is 2.02. The average molecular weight is 156 g/mol. The van der Waals surface area contributed by atoms with Crippen molar-refractivity contribution in [1.29, 1.82) is 0 Å². The molecule has 0 heterocycles. The molecule has 0 aliphatic carbocycles. The molecule has 1 aromatic rings. The first-order chi connectivity index (χ1) is 5.20. The van der Waals surface area contributed by atoms with Gasteiger partial charge in [-0.1, -0.05) is 19.9 Å². The Morgan fingerprint density at radius 1 is 1.27 bits per heavy atom. The quantitative estimate of drug-likeness (QED) is 0.612. The summed E-state index contributed by atoms with van der Waals surface area (Å²) in [6.45, 7) is 5.79. The normalized spacial score (nSPS) is 8.36. The van der Waals surface area contributed by atoms with Crippen molar-refractivity contribution in [3.8, 4) is 5.75 Å². The number of rotatable bonds is 0. The van der Waals surface area contributed by atoms with Gasteiger partial charge in [0.2, 0.25) is 0 Å². The number of benzene rings is 1. The molecule has 0 spiro atoms. The summed E-state index contributed by atoms with van der Waals surface area (Å²) in [6, 6.07) is 4.23. The molecule has 0 atom stereocenters. The zero-order chi connectivity index (χ0) is 8.85. The van der Waals surface area contributed by atoms with Gasteiger partial charge in [0, 0.05) is 0 Å². The minimum Gasteiger partial charge on any atom is -0.505 e. The molecule has 1 nitrogen and oxygen atoms in total. The Bertz CT molecular complexity index is 221. The summed E-state index contributed by atoms with van der Waals surface area (Å²) >= 11 is 0. The Morgan fingerprint density at radius 3 is 2.18 bits per heavy atom. The lowest BCUT2D eigenvalue weighted by Crippen LogP contribution is -1.75. The molecule has 0 saturated carbocycles. The second-order valence-electron chi connectivity index (χ2n) is 1.95. The Kier molecular flexibility index (Phi) is 4.27. The van der Waals surface area contributed by atoms with Gasteiger partial charge in [-0.15, -0.1) is 0 Å². The third-order valence-corrected chi connectivity index (χ3v) is 1.10. The van der Waals surface area contributed by atoms with Crippen LogP contribution in [-0.4, -0.2) is 5.11 Å². The maximum atomic E-state index is 12.2. The number of aromatic hydroxyl groups is 1. The van der Waals surface area contributed by atoms with E-state index in [0.29, 0.717) is 0 Å². The van der Waals surface area contributed by atoms with Gasteiger partial charge in [0.15, 0.2) is 11.6 Å². The summed E-state index contributed by atoms with van der Waals surface area (Å²) < 4.78 is 12.2. The van der Waals surface area contributed by atoms with Crippen molar-refractivity contribution in [2.45, 2.75) is 20.8 Å². The highest BCUT2D eigenvalue weighted by molar-refractivity contribution is 5.27. The van der Waals surface area contributed by atoms with Gasteiger partial charge in [0.25, 0.3) is 0 Å². The van der Waals surface area contributed by atoms with E-state index >= 15 is 0 Å². The lowest BCUT2D eigenvalue weighted by Gasteiger charge is -1.93. The van der Waals surface area contributed by atoms with E-state index in [9.17, 15) is 4.39 Å². The molecule has 0 unspecified atom stereocenters. The lowest BCUT2D eigenvalue weighted by molar-refractivity contribution is 0.432. The van der Waals surface area contributed by atoms with E-state index < -0.39 is 5.82 Å². The van der Waals surface area contributed by atoms with E-state index in [1.807, 2.05) is 13.8 Å². The number of phenols is 1. The first-order valence-corrected chi connectivity index (χ1v) is 3.65.